The van der Waals surface area contributed by atoms with Crippen LogP contribution in [0.3, 0.4) is 0 Å². The highest BCUT2D eigenvalue weighted by Gasteiger charge is 2.05. The normalized spacial score (nSPS) is 10.3. The van der Waals surface area contributed by atoms with Crippen LogP contribution in [0.1, 0.15) is 12.5 Å². The molecule has 0 radical (unpaired) electrons. The van der Waals surface area contributed by atoms with E-state index in [1.807, 2.05) is 0 Å². The second kappa shape index (κ2) is 6.18. The topological polar surface area (TPSA) is 21.3 Å². The second-order valence-corrected chi connectivity index (χ2v) is 4.02. The average Bonchev–Trinajstić information content (AvgIpc) is 2.41. The minimum atomic E-state index is -0.430. The van der Waals surface area contributed by atoms with Crippen molar-refractivity contribution in [2.45, 2.75) is 13.5 Å². The molecule has 1 N–H and O–H groups in total. The van der Waals surface area contributed by atoms with Gasteiger partial charge in [0.1, 0.15) is 5.82 Å². The van der Waals surface area contributed by atoms with Crippen molar-refractivity contribution in [2.24, 2.45) is 0 Å². The van der Waals surface area contributed by atoms with Crippen LogP contribution in [0.4, 0.5) is 14.5 Å². The van der Waals surface area contributed by atoms with Gasteiger partial charge in [-0.2, -0.15) is 0 Å². The molecule has 2 rings (SSSR count). The number of hydrogen-bond donors (Lipinski definition) is 1. The van der Waals surface area contributed by atoms with Gasteiger partial charge < -0.3 is 10.1 Å². The lowest BCUT2D eigenvalue weighted by Gasteiger charge is -2.09. The van der Waals surface area contributed by atoms with Crippen LogP contribution >= 0.6 is 0 Å². The van der Waals surface area contributed by atoms with Crippen LogP contribution in [0.5, 0.6) is 5.75 Å². The summed E-state index contributed by atoms with van der Waals surface area (Å²) in [7, 11) is 0. The molecule has 0 bridgehead atoms. The fourth-order valence-electron chi connectivity index (χ4n) is 1.72. The number of halogens is 2. The van der Waals surface area contributed by atoms with Crippen molar-refractivity contribution in [3.8, 4) is 5.75 Å². The van der Waals surface area contributed by atoms with E-state index in [0.717, 1.165) is 0 Å². The molecule has 0 heterocycles. The number of ether oxygens (including phenoxy) is 1. The van der Waals surface area contributed by atoms with Gasteiger partial charge in [-0.25, -0.2) is 8.78 Å². The maximum atomic E-state index is 13.6. The van der Waals surface area contributed by atoms with Crippen molar-refractivity contribution in [1.82, 2.24) is 0 Å². The molecule has 0 atom stereocenters. The lowest BCUT2D eigenvalue weighted by Crippen LogP contribution is -2.02. The predicted molar refractivity (Wildman–Crippen MR) is 71.3 cm³/mol. The molecule has 2 nitrogen and oxygen atoms in total. The number of benzene rings is 2. The van der Waals surface area contributed by atoms with Gasteiger partial charge in [-0.1, -0.05) is 18.2 Å². The van der Waals surface area contributed by atoms with E-state index in [4.69, 9.17) is 4.74 Å². The minimum absolute atomic E-state index is 0.221. The summed E-state index contributed by atoms with van der Waals surface area (Å²) in [5.74, 6) is -0.485. The zero-order valence-electron chi connectivity index (χ0n) is 10.6. The molecule has 2 aromatic rings. The molecule has 0 amide bonds. The highest BCUT2D eigenvalue weighted by molar-refractivity contribution is 5.47. The smallest absolute Gasteiger partial charge is 0.167 e. The number of anilines is 1. The van der Waals surface area contributed by atoms with Crippen LogP contribution in [-0.2, 0) is 6.54 Å². The minimum Gasteiger partial charge on any atom is -0.491 e. The fourth-order valence-corrected chi connectivity index (χ4v) is 1.72. The Balaban J connectivity index is 2.04. The van der Waals surface area contributed by atoms with Gasteiger partial charge in [0, 0.05) is 23.9 Å². The Bertz CT molecular complexity index is 558. The van der Waals surface area contributed by atoms with Gasteiger partial charge in [-0.15, -0.1) is 0 Å². The van der Waals surface area contributed by atoms with E-state index >= 15 is 0 Å². The van der Waals surface area contributed by atoms with E-state index in [1.165, 1.54) is 12.1 Å². The third kappa shape index (κ3) is 3.44. The van der Waals surface area contributed by atoms with Gasteiger partial charge in [-0.05, 0) is 25.1 Å². The van der Waals surface area contributed by atoms with Gasteiger partial charge in [0.25, 0.3) is 0 Å². The monoisotopic (exact) mass is 263 g/mol. The van der Waals surface area contributed by atoms with E-state index in [9.17, 15) is 8.78 Å². The molecule has 0 spiro atoms. The third-order valence-corrected chi connectivity index (χ3v) is 2.67. The van der Waals surface area contributed by atoms with Gasteiger partial charge in [0.15, 0.2) is 11.6 Å². The largest absolute Gasteiger partial charge is 0.491 e. The predicted octanol–water partition coefficient (Wildman–Crippen LogP) is 3.98. The summed E-state index contributed by atoms with van der Waals surface area (Å²) in [6, 6.07) is 11.1. The molecule has 0 saturated heterocycles. The first kappa shape index (κ1) is 13.3. The molecule has 0 aromatic heterocycles. The Morgan fingerprint density at radius 2 is 1.84 bits per heavy atom. The quantitative estimate of drug-likeness (QED) is 0.881. The molecule has 19 heavy (non-hydrogen) atoms. The summed E-state index contributed by atoms with van der Waals surface area (Å²) in [5, 5.41) is 2.98. The first-order chi connectivity index (χ1) is 9.20. The lowest BCUT2D eigenvalue weighted by atomic mass is 10.2. The van der Waals surface area contributed by atoms with Gasteiger partial charge in [0.2, 0.25) is 0 Å². The van der Waals surface area contributed by atoms with E-state index in [1.54, 1.807) is 37.3 Å². The summed E-state index contributed by atoms with van der Waals surface area (Å²) in [4.78, 5) is 0. The molecule has 0 aliphatic rings. The Hall–Kier alpha value is -2.10. The highest BCUT2D eigenvalue weighted by Crippen LogP contribution is 2.21. The van der Waals surface area contributed by atoms with Crippen molar-refractivity contribution in [2.75, 3.05) is 11.9 Å². The van der Waals surface area contributed by atoms with Gasteiger partial charge in [0.05, 0.1) is 6.61 Å². The molecule has 2 aromatic carbocycles. The van der Waals surface area contributed by atoms with Crippen LogP contribution in [-0.4, -0.2) is 6.61 Å². The first-order valence-corrected chi connectivity index (χ1v) is 6.10. The van der Waals surface area contributed by atoms with Crippen molar-refractivity contribution in [3.05, 3.63) is 59.7 Å². The number of hydrogen-bond acceptors (Lipinski definition) is 2. The molecule has 0 fully saturated rings. The van der Waals surface area contributed by atoms with Crippen molar-refractivity contribution < 1.29 is 13.5 Å². The van der Waals surface area contributed by atoms with E-state index in [-0.39, 0.29) is 11.6 Å². The summed E-state index contributed by atoms with van der Waals surface area (Å²) >= 11 is 0. The van der Waals surface area contributed by atoms with Crippen molar-refractivity contribution in [1.29, 1.82) is 0 Å². The fraction of sp³-hybridized carbons (Fsp3) is 0.200. The van der Waals surface area contributed by atoms with Crippen LogP contribution in [0.15, 0.2) is 42.5 Å². The average molecular weight is 263 g/mol. The molecular formula is C15H15F2NO. The summed E-state index contributed by atoms with van der Waals surface area (Å²) in [6.45, 7) is 2.52. The Morgan fingerprint density at radius 1 is 1.05 bits per heavy atom. The van der Waals surface area contributed by atoms with Crippen LogP contribution in [0.25, 0.3) is 0 Å². The highest BCUT2D eigenvalue weighted by atomic mass is 19.1. The molecule has 0 aliphatic carbocycles. The molecule has 0 saturated carbocycles. The summed E-state index contributed by atoms with van der Waals surface area (Å²) in [5.41, 5.74) is 1.13. The van der Waals surface area contributed by atoms with Gasteiger partial charge in [-0.3, -0.25) is 0 Å². The molecule has 4 heteroatoms. The van der Waals surface area contributed by atoms with E-state index in [0.29, 0.717) is 24.4 Å². The van der Waals surface area contributed by atoms with Gasteiger partial charge >= 0.3 is 0 Å². The first-order valence-electron chi connectivity index (χ1n) is 6.10. The SMILES string of the molecule is CCOc1ccc(NCc2ccccc2F)cc1F. The number of rotatable bonds is 5. The maximum Gasteiger partial charge on any atom is 0.167 e. The van der Waals surface area contributed by atoms with Crippen molar-refractivity contribution in [3.63, 3.8) is 0 Å². The number of nitrogens with one attached hydrogen (secondary N) is 1. The van der Waals surface area contributed by atoms with Crippen LogP contribution in [0, 0.1) is 11.6 Å². The molecular weight excluding hydrogens is 248 g/mol. The Morgan fingerprint density at radius 3 is 2.53 bits per heavy atom. The Labute approximate surface area is 111 Å². The Kier molecular flexibility index (Phi) is 4.34. The summed E-state index contributed by atoms with van der Waals surface area (Å²) in [6.07, 6.45) is 0. The zero-order chi connectivity index (χ0) is 13.7. The van der Waals surface area contributed by atoms with E-state index in [2.05, 4.69) is 5.32 Å². The second-order valence-electron chi connectivity index (χ2n) is 4.02. The van der Waals surface area contributed by atoms with E-state index < -0.39 is 5.82 Å². The van der Waals surface area contributed by atoms with Crippen LogP contribution < -0.4 is 10.1 Å². The summed E-state index contributed by atoms with van der Waals surface area (Å²) < 4.78 is 32.1. The maximum absolute atomic E-state index is 13.6. The van der Waals surface area contributed by atoms with Crippen LogP contribution in [0.2, 0.25) is 0 Å². The lowest BCUT2D eigenvalue weighted by molar-refractivity contribution is 0.321. The third-order valence-electron chi connectivity index (χ3n) is 2.67. The standard InChI is InChI=1S/C15H15F2NO/c1-2-19-15-8-7-12(9-14(15)17)18-10-11-5-3-4-6-13(11)16/h3-9,18H,2,10H2,1H3. The van der Waals surface area contributed by atoms with Crippen molar-refractivity contribution >= 4 is 5.69 Å². The molecule has 100 valence electrons. The zero-order valence-corrected chi connectivity index (χ0v) is 10.6. The molecule has 0 unspecified atom stereocenters. The molecule has 0 aliphatic heterocycles.